The molecule has 130 valence electrons. The molecule has 0 aliphatic carbocycles. The van der Waals surface area contributed by atoms with Crippen molar-refractivity contribution in [2.24, 2.45) is 0 Å². The zero-order valence-corrected chi connectivity index (χ0v) is 13.4. The van der Waals surface area contributed by atoms with Crippen molar-refractivity contribution < 1.29 is 22.7 Å². The van der Waals surface area contributed by atoms with Gasteiger partial charge >= 0.3 is 0 Å². The van der Waals surface area contributed by atoms with Crippen LogP contribution in [0.3, 0.4) is 0 Å². The second kappa shape index (κ2) is 8.26. The van der Waals surface area contributed by atoms with Gasteiger partial charge in [0.25, 0.3) is 5.91 Å². The van der Waals surface area contributed by atoms with Crippen LogP contribution in [0.4, 0.5) is 13.2 Å². The summed E-state index contributed by atoms with van der Waals surface area (Å²) in [5, 5.41) is 2.45. The van der Waals surface area contributed by atoms with E-state index in [1.807, 2.05) is 0 Å². The summed E-state index contributed by atoms with van der Waals surface area (Å²) in [7, 11) is 1.46. The number of hydrogen-bond donors (Lipinski definition) is 1. The third-order valence-electron chi connectivity index (χ3n) is 3.17. The number of amides is 1. The molecule has 0 spiro atoms. The van der Waals surface area contributed by atoms with Crippen LogP contribution in [0.1, 0.15) is 34.7 Å². The van der Waals surface area contributed by atoms with E-state index in [1.165, 1.54) is 20.1 Å². The summed E-state index contributed by atoms with van der Waals surface area (Å²) in [5.41, 5.74) is -0.126. The van der Waals surface area contributed by atoms with Crippen molar-refractivity contribution in [1.29, 1.82) is 0 Å². The molecule has 8 heteroatoms. The second-order valence-corrected chi connectivity index (χ2v) is 5.00. The van der Waals surface area contributed by atoms with Crippen LogP contribution in [0.2, 0.25) is 0 Å². The first kappa shape index (κ1) is 18.4. The SMILES string of the molecule is COCC#Cc1cnc(F)c(C(=O)N[C@@H](C)c2ccc(F)c(F)c2)n1. The van der Waals surface area contributed by atoms with E-state index in [1.54, 1.807) is 0 Å². The van der Waals surface area contributed by atoms with Gasteiger partial charge in [-0.1, -0.05) is 12.0 Å². The number of hydrogen-bond acceptors (Lipinski definition) is 4. The molecule has 2 rings (SSSR count). The Hall–Kier alpha value is -2.92. The maximum Gasteiger partial charge on any atom is 0.275 e. The number of nitrogens with zero attached hydrogens (tertiary/aromatic N) is 2. The van der Waals surface area contributed by atoms with Gasteiger partial charge in [-0.2, -0.15) is 4.39 Å². The molecule has 1 atom stereocenters. The van der Waals surface area contributed by atoms with Crippen LogP contribution < -0.4 is 5.32 Å². The molecule has 0 unspecified atom stereocenters. The van der Waals surface area contributed by atoms with Crippen LogP contribution in [0, 0.1) is 29.4 Å². The molecule has 1 aromatic carbocycles. The van der Waals surface area contributed by atoms with E-state index in [-0.39, 0.29) is 12.3 Å². The Morgan fingerprint density at radius 3 is 2.76 bits per heavy atom. The maximum absolute atomic E-state index is 13.8. The normalized spacial score (nSPS) is 11.4. The fraction of sp³-hybridized carbons (Fsp3) is 0.235. The van der Waals surface area contributed by atoms with Crippen LogP contribution in [-0.4, -0.2) is 29.6 Å². The zero-order chi connectivity index (χ0) is 18.4. The first-order chi connectivity index (χ1) is 11.9. The Kier molecular flexibility index (Phi) is 6.08. The van der Waals surface area contributed by atoms with Gasteiger partial charge in [0.2, 0.25) is 5.95 Å². The number of benzene rings is 1. The number of carbonyl (C=O) groups is 1. The molecule has 1 N–H and O–H groups in total. The molecule has 0 bridgehead atoms. The quantitative estimate of drug-likeness (QED) is 0.861. The average molecular weight is 349 g/mol. The number of halogens is 3. The van der Waals surface area contributed by atoms with Crippen molar-refractivity contribution in [3.63, 3.8) is 0 Å². The van der Waals surface area contributed by atoms with Gasteiger partial charge in [0.1, 0.15) is 12.3 Å². The Morgan fingerprint density at radius 2 is 2.08 bits per heavy atom. The number of rotatable bonds is 4. The van der Waals surface area contributed by atoms with E-state index in [0.717, 1.165) is 18.3 Å². The van der Waals surface area contributed by atoms with Crippen LogP contribution >= 0.6 is 0 Å². The minimum absolute atomic E-state index is 0.101. The highest BCUT2D eigenvalue weighted by atomic mass is 19.2. The maximum atomic E-state index is 13.8. The number of ether oxygens (including phenoxy) is 1. The number of aromatic nitrogens is 2. The standard InChI is InChI=1S/C17H14F3N3O2/c1-10(11-5-6-13(18)14(19)8-11)22-17(24)15-16(20)21-9-12(23-15)4-3-7-25-2/h5-6,8-10H,7H2,1-2H3,(H,22,24)/t10-/m0/s1. The summed E-state index contributed by atoms with van der Waals surface area (Å²) < 4.78 is 44.7. The minimum Gasteiger partial charge on any atom is -0.372 e. The first-order valence-corrected chi connectivity index (χ1v) is 7.18. The van der Waals surface area contributed by atoms with Gasteiger partial charge < -0.3 is 10.1 Å². The third-order valence-corrected chi connectivity index (χ3v) is 3.17. The average Bonchev–Trinajstić information content (AvgIpc) is 2.58. The highest BCUT2D eigenvalue weighted by molar-refractivity contribution is 5.92. The predicted octanol–water partition coefficient (Wildman–Crippen LogP) is 2.38. The fourth-order valence-corrected chi connectivity index (χ4v) is 1.91. The van der Waals surface area contributed by atoms with E-state index >= 15 is 0 Å². The second-order valence-electron chi connectivity index (χ2n) is 5.00. The molecule has 0 radical (unpaired) electrons. The van der Waals surface area contributed by atoms with Gasteiger partial charge in [0.05, 0.1) is 12.2 Å². The smallest absolute Gasteiger partial charge is 0.275 e. The highest BCUT2D eigenvalue weighted by Gasteiger charge is 2.19. The van der Waals surface area contributed by atoms with Crippen LogP contribution in [0.15, 0.2) is 24.4 Å². The molecule has 1 aromatic heterocycles. The van der Waals surface area contributed by atoms with Crippen molar-refractivity contribution in [3.05, 3.63) is 58.9 Å². The summed E-state index contributed by atoms with van der Waals surface area (Å²) in [6.07, 6.45) is 1.09. The molecular weight excluding hydrogens is 335 g/mol. The molecule has 5 nitrogen and oxygen atoms in total. The lowest BCUT2D eigenvalue weighted by Crippen LogP contribution is -2.29. The van der Waals surface area contributed by atoms with Gasteiger partial charge in [-0.05, 0) is 30.5 Å². The monoisotopic (exact) mass is 349 g/mol. The van der Waals surface area contributed by atoms with Crippen molar-refractivity contribution >= 4 is 5.91 Å². The summed E-state index contributed by atoms with van der Waals surface area (Å²) in [6.45, 7) is 1.69. The van der Waals surface area contributed by atoms with E-state index < -0.39 is 35.2 Å². The molecule has 1 amide bonds. The van der Waals surface area contributed by atoms with E-state index in [2.05, 4.69) is 27.1 Å². The van der Waals surface area contributed by atoms with Crippen molar-refractivity contribution in [2.45, 2.75) is 13.0 Å². The number of carbonyl (C=O) groups excluding carboxylic acids is 1. The summed E-state index contributed by atoms with van der Waals surface area (Å²) >= 11 is 0. The van der Waals surface area contributed by atoms with Crippen LogP contribution in [-0.2, 0) is 4.74 Å². The molecule has 0 saturated heterocycles. The summed E-state index contributed by atoms with van der Waals surface area (Å²) in [6, 6.07) is 2.51. The third kappa shape index (κ3) is 4.78. The van der Waals surface area contributed by atoms with Crippen LogP contribution in [0.5, 0.6) is 0 Å². The molecule has 2 aromatic rings. The Bertz CT molecular complexity index is 847. The topological polar surface area (TPSA) is 64.1 Å². The van der Waals surface area contributed by atoms with Gasteiger partial charge in [0, 0.05) is 7.11 Å². The largest absolute Gasteiger partial charge is 0.372 e. The van der Waals surface area contributed by atoms with Crippen molar-refractivity contribution in [2.75, 3.05) is 13.7 Å². The minimum atomic E-state index is -1.06. The van der Waals surface area contributed by atoms with E-state index in [4.69, 9.17) is 4.74 Å². The van der Waals surface area contributed by atoms with Crippen LogP contribution in [0.25, 0.3) is 0 Å². The first-order valence-electron chi connectivity index (χ1n) is 7.18. The molecule has 0 aliphatic heterocycles. The Morgan fingerprint density at radius 1 is 1.32 bits per heavy atom. The lowest BCUT2D eigenvalue weighted by Gasteiger charge is -2.14. The Labute approximate surface area is 142 Å². The van der Waals surface area contributed by atoms with Crippen molar-refractivity contribution in [1.82, 2.24) is 15.3 Å². The summed E-state index contributed by atoms with van der Waals surface area (Å²) in [5.74, 6) is 1.24. The fourth-order valence-electron chi connectivity index (χ4n) is 1.91. The lowest BCUT2D eigenvalue weighted by molar-refractivity contribution is 0.0929. The Balaban J connectivity index is 2.18. The van der Waals surface area contributed by atoms with Crippen molar-refractivity contribution in [3.8, 4) is 11.8 Å². The molecule has 0 fully saturated rings. The molecule has 0 saturated carbocycles. The van der Waals surface area contributed by atoms with Gasteiger partial charge in [0.15, 0.2) is 17.3 Å². The van der Waals surface area contributed by atoms with Gasteiger partial charge in [-0.3, -0.25) is 4.79 Å². The van der Waals surface area contributed by atoms with Gasteiger partial charge in [-0.15, -0.1) is 0 Å². The molecule has 1 heterocycles. The number of nitrogens with one attached hydrogen (secondary N) is 1. The van der Waals surface area contributed by atoms with Gasteiger partial charge in [-0.25, -0.2) is 18.7 Å². The molecule has 25 heavy (non-hydrogen) atoms. The molecule has 0 aliphatic rings. The molecular formula is C17H14F3N3O2. The summed E-state index contributed by atoms with van der Waals surface area (Å²) in [4.78, 5) is 19.4. The number of methoxy groups -OCH3 is 1. The highest BCUT2D eigenvalue weighted by Crippen LogP contribution is 2.16. The predicted molar refractivity (Wildman–Crippen MR) is 83.0 cm³/mol. The van der Waals surface area contributed by atoms with E-state index in [0.29, 0.717) is 5.56 Å². The zero-order valence-electron chi connectivity index (χ0n) is 13.4. The lowest BCUT2D eigenvalue weighted by atomic mass is 10.1. The van der Waals surface area contributed by atoms with E-state index in [9.17, 15) is 18.0 Å².